The van der Waals surface area contributed by atoms with E-state index in [1.807, 2.05) is 31.2 Å². The van der Waals surface area contributed by atoms with Gasteiger partial charge < -0.3 is 9.84 Å². The van der Waals surface area contributed by atoms with Crippen LogP contribution in [0, 0.1) is 0 Å². The Labute approximate surface area is 98.6 Å². The summed E-state index contributed by atoms with van der Waals surface area (Å²) in [5.41, 5.74) is 0.736. The van der Waals surface area contributed by atoms with Crippen LogP contribution in [-0.2, 0) is 4.74 Å². The Balaban J connectivity index is 2.28. The summed E-state index contributed by atoms with van der Waals surface area (Å²) in [7, 11) is 0. The van der Waals surface area contributed by atoms with Crippen molar-refractivity contribution >= 4 is 23.4 Å². The molecule has 2 rings (SSSR count). The van der Waals surface area contributed by atoms with Gasteiger partial charge in [0.25, 0.3) is 0 Å². The summed E-state index contributed by atoms with van der Waals surface area (Å²) in [4.78, 5) is 1.06. The number of alkyl halides is 1. The molecule has 2 nitrogen and oxygen atoms in total. The molecule has 0 radical (unpaired) electrons. The lowest BCUT2D eigenvalue weighted by Crippen LogP contribution is -2.31. The molecule has 0 saturated heterocycles. The molecule has 1 N–H and O–H groups in total. The zero-order valence-corrected chi connectivity index (χ0v) is 9.96. The maximum Gasteiger partial charge on any atom is 0.126 e. The summed E-state index contributed by atoms with van der Waals surface area (Å²) in [5, 5.41) is 9.62. The number of hydrogen-bond acceptors (Lipinski definition) is 3. The fourth-order valence-corrected chi connectivity index (χ4v) is 3.21. The lowest BCUT2D eigenvalue weighted by Gasteiger charge is -2.32. The molecule has 0 bridgehead atoms. The van der Waals surface area contributed by atoms with E-state index in [2.05, 4.69) is 0 Å². The van der Waals surface area contributed by atoms with Crippen molar-refractivity contribution < 1.29 is 9.84 Å². The molecule has 0 amide bonds. The van der Waals surface area contributed by atoms with Crippen molar-refractivity contribution in [3.63, 3.8) is 0 Å². The van der Waals surface area contributed by atoms with Crippen molar-refractivity contribution in [1.29, 1.82) is 0 Å². The monoisotopic (exact) mass is 244 g/mol. The highest BCUT2D eigenvalue weighted by Crippen LogP contribution is 2.43. The first kappa shape index (κ1) is 11.3. The van der Waals surface area contributed by atoms with Gasteiger partial charge in [-0.2, -0.15) is 0 Å². The van der Waals surface area contributed by atoms with Crippen LogP contribution in [0.25, 0.3) is 0 Å². The van der Waals surface area contributed by atoms with Gasteiger partial charge in [-0.1, -0.05) is 30.0 Å². The molecule has 0 unspecified atom stereocenters. The van der Waals surface area contributed by atoms with Crippen LogP contribution in [0.1, 0.15) is 18.6 Å². The van der Waals surface area contributed by atoms with Gasteiger partial charge in [0.1, 0.15) is 5.44 Å². The number of ether oxygens (including phenoxy) is 1. The van der Waals surface area contributed by atoms with Crippen LogP contribution in [0.5, 0.6) is 0 Å². The molecule has 0 spiro atoms. The topological polar surface area (TPSA) is 29.5 Å². The maximum atomic E-state index is 10.0. The molecule has 4 heteroatoms. The number of thioether (sulfide) groups is 1. The molecule has 0 saturated carbocycles. The maximum absolute atomic E-state index is 10.0. The molecule has 82 valence electrons. The molecule has 15 heavy (non-hydrogen) atoms. The first-order chi connectivity index (χ1) is 7.24. The van der Waals surface area contributed by atoms with Gasteiger partial charge in [0.2, 0.25) is 0 Å². The van der Waals surface area contributed by atoms with Crippen LogP contribution >= 0.6 is 23.4 Å². The minimum atomic E-state index is -0.638. The number of aliphatic hydroxyl groups is 1. The number of hydrogen-bond donors (Lipinski definition) is 1. The third kappa shape index (κ3) is 2.16. The molecule has 0 aliphatic carbocycles. The molecule has 1 heterocycles. The van der Waals surface area contributed by atoms with Crippen LogP contribution in [-0.4, -0.2) is 22.5 Å². The van der Waals surface area contributed by atoms with E-state index < -0.39 is 6.10 Å². The van der Waals surface area contributed by atoms with Gasteiger partial charge in [0.05, 0.1) is 11.5 Å². The van der Waals surface area contributed by atoms with Crippen molar-refractivity contribution in [3.8, 4) is 0 Å². The largest absolute Gasteiger partial charge is 0.387 e. The quantitative estimate of drug-likeness (QED) is 0.812. The lowest BCUT2D eigenvalue weighted by molar-refractivity contribution is 0.0686. The van der Waals surface area contributed by atoms with E-state index in [0.29, 0.717) is 6.61 Å². The van der Waals surface area contributed by atoms with Crippen molar-refractivity contribution in [2.75, 3.05) is 6.61 Å². The fourth-order valence-electron chi connectivity index (χ4n) is 1.63. The third-order valence-corrected chi connectivity index (χ3v) is 4.28. The predicted octanol–water partition coefficient (Wildman–Crippen LogP) is 2.80. The Morgan fingerprint density at radius 2 is 2.20 bits per heavy atom. The standard InChI is InChI=1S/C11H13ClO2S/c1-2-14-11-9(12)10(13)7-5-3-4-6-8(7)15-11/h3-6,9-11,13H,2H2,1H3/t9-,10-,11-/m1/s1. The summed E-state index contributed by atoms with van der Waals surface area (Å²) >= 11 is 7.72. The minimum Gasteiger partial charge on any atom is -0.387 e. The van der Waals surface area contributed by atoms with E-state index in [4.69, 9.17) is 16.3 Å². The molecule has 1 aliphatic heterocycles. The van der Waals surface area contributed by atoms with E-state index in [1.54, 1.807) is 11.8 Å². The Hall–Kier alpha value is -0.220. The van der Waals surface area contributed by atoms with Crippen molar-refractivity contribution in [3.05, 3.63) is 29.8 Å². The van der Waals surface area contributed by atoms with Gasteiger partial charge in [0.15, 0.2) is 0 Å². The SMILES string of the molecule is CCO[C@@H]1Sc2ccccc2[C@@H](O)[C@H]1Cl. The Bertz CT molecular complexity index is 345. The predicted molar refractivity (Wildman–Crippen MR) is 62.3 cm³/mol. The summed E-state index contributed by atoms with van der Waals surface area (Å²) in [6.07, 6.45) is -0.638. The van der Waals surface area contributed by atoms with E-state index in [-0.39, 0.29) is 10.8 Å². The van der Waals surface area contributed by atoms with Crippen molar-refractivity contribution in [1.82, 2.24) is 0 Å². The molecule has 0 aromatic heterocycles. The van der Waals surface area contributed by atoms with Crippen molar-refractivity contribution in [2.45, 2.75) is 28.7 Å². The van der Waals surface area contributed by atoms with Gasteiger partial charge in [-0.3, -0.25) is 0 Å². The van der Waals surface area contributed by atoms with Crippen LogP contribution < -0.4 is 0 Å². The van der Waals surface area contributed by atoms with E-state index in [9.17, 15) is 5.11 Å². The number of benzene rings is 1. The highest BCUT2D eigenvalue weighted by Gasteiger charge is 2.35. The molecule has 0 fully saturated rings. The van der Waals surface area contributed by atoms with Gasteiger partial charge in [0, 0.05) is 11.5 Å². The first-order valence-corrected chi connectivity index (χ1v) is 6.25. The van der Waals surface area contributed by atoms with E-state index in [0.717, 1.165) is 10.5 Å². The van der Waals surface area contributed by atoms with Gasteiger partial charge >= 0.3 is 0 Å². The second-order valence-electron chi connectivity index (χ2n) is 3.37. The summed E-state index contributed by atoms with van der Waals surface area (Å²) < 4.78 is 5.49. The normalized spacial score (nSPS) is 29.9. The molecule has 1 aromatic carbocycles. The van der Waals surface area contributed by atoms with Gasteiger partial charge in [-0.15, -0.1) is 11.6 Å². The van der Waals surface area contributed by atoms with Crippen molar-refractivity contribution in [2.24, 2.45) is 0 Å². The molecular formula is C11H13ClO2S. The fraction of sp³-hybridized carbons (Fsp3) is 0.455. The zero-order valence-electron chi connectivity index (χ0n) is 8.39. The number of fused-ring (bicyclic) bond motifs is 1. The van der Waals surface area contributed by atoms with E-state index in [1.165, 1.54) is 0 Å². The second kappa shape index (κ2) is 4.74. The Morgan fingerprint density at radius 3 is 2.93 bits per heavy atom. The lowest BCUT2D eigenvalue weighted by atomic mass is 10.1. The molecule has 1 aromatic rings. The summed E-state index contributed by atoms with van der Waals surface area (Å²) in [5.74, 6) is 0. The Kier molecular flexibility index (Phi) is 3.57. The van der Waals surface area contributed by atoms with Gasteiger partial charge in [-0.25, -0.2) is 0 Å². The number of rotatable bonds is 2. The molecular weight excluding hydrogens is 232 g/mol. The molecule has 1 aliphatic rings. The number of halogens is 1. The summed E-state index contributed by atoms with van der Waals surface area (Å²) in [6, 6.07) is 7.76. The smallest absolute Gasteiger partial charge is 0.126 e. The third-order valence-electron chi connectivity index (χ3n) is 2.37. The average Bonchev–Trinajstić information content (AvgIpc) is 2.26. The highest BCUT2D eigenvalue weighted by molar-refractivity contribution is 8.00. The van der Waals surface area contributed by atoms with Crippen LogP contribution in [0.2, 0.25) is 0 Å². The second-order valence-corrected chi connectivity index (χ2v) is 5.01. The molecule has 3 atom stereocenters. The average molecular weight is 245 g/mol. The highest BCUT2D eigenvalue weighted by atomic mass is 35.5. The number of aliphatic hydroxyl groups excluding tert-OH is 1. The van der Waals surface area contributed by atoms with E-state index >= 15 is 0 Å². The summed E-state index contributed by atoms with van der Waals surface area (Å²) in [6.45, 7) is 2.53. The minimum absolute atomic E-state index is 0.165. The zero-order chi connectivity index (χ0) is 10.8. The van der Waals surface area contributed by atoms with Crippen LogP contribution in [0.4, 0.5) is 0 Å². The Morgan fingerprint density at radius 1 is 1.47 bits per heavy atom. The first-order valence-electron chi connectivity index (χ1n) is 4.93. The van der Waals surface area contributed by atoms with Gasteiger partial charge in [-0.05, 0) is 18.6 Å². The van der Waals surface area contributed by atoms with Crippen LogP contribution in [0.15, 0.2) is 29.2 Å². The van der Waals surface area contributed by atoms with Crippen LogP contribution in [0.3, 0.4) is 0 Å².